The van der Waals surface area contributed by atoms with Crippen molar-refractivity contribution in [3.05, 3.63) is 11.1 Å². The van der Waals surface area contributed by atoms with E-state index in [1.165, 1.54) is 5.57 Å². The van der Waals surface area contributed by atoms with E-state index in [0.29, 0.717) is 12.3 Å². The molecule has 3 heteroatoms. The summed E-state index contributed by atoms with van der Waals surface area (Å²) in [5.41, 5.74) is 2.21. The molecule has 0 aromatic rings. The van der Waals surface area contributed by atoms with Crippen molar-refractivity contribution in [1.82, 2.24) is 0 Å². The molecule has 2 rings (SSSR count). The second-order valence-electron chi connectivity index (χ2n) is 4.67. The zero-order valence-corrected chi connectivity index (χ0v) is 8.95. The minimum absolute atomic E-state index is 0.00144. The molecule has 0 unspecified atom stereocenters. The number of carbonyl (C=O) groups is 2. The van der Waals surface area contributed by atoms with Crippen molar-refractivity contribution in [2.45, 2.75) is 39.0 Å². The third-order valence-electron chi connectivity index (χ3n) is 3.54. The van der Waals surface area contributed by atoms with Gasteiger partial charge in [-0.25, -0.2) is 0 Å². The summed E-state index contributed by atoms with van der Waals surface area (Å²) in [6, 6.07) is 0. The first kappa shape index (κ1) is 10.4. The van der Waals surface area contributed by atoms with Gasteiger partial charge in [-0.05, 0) is 37.2 Å². The summed E-state index contributed by atoms with van der Waals surface area (Å²) in [5, 5.41) is 8.72. The van der Waals surface area contributed by atoms with E-state index >= 15 is 0 Å². The predicted octanol–water partition coefficient (Wildman–Crippen LogP) is 2.17. The van der Waals surface area contributed by atoms with Crippen LogP contribution in [0.4, 0.5) is 0 Å². The molecular formula is C12H16O3. The van der Waals surface area contributed by atoms with E-state index in [1.807, 2.05) is 0 Å². The van der Waals surface area contributed by atoms with Gasteiger partial charge in [0, 0.05) is 5.92 Å². The number of Topliss-reactive ketones (excluding diaryl/α,β-unsaturated/α-hetero) is 1. The zero-order chi connectivity index (χ0) is 11.0. The Balaban J connectivity index is 2.16. The fourth-order valence-electron chi connectivity index (χ4n) is 2.86. The van der Waals surface area contributed by atoms with Crippen LogP contribution in [0.3, 0.4) is 0 Å². The lowest BCUT2D eigenvalue weighted by Gasteiger charge is -2.19. The first-order valence-corrected chi connectivity index (χ1v) is 5.57. The molecule has 0 fully saturated rings. The number of carboxylic acids is 1. The van der Waals surface area contributed by atoms with Crippen LogP contribution in [0, 0.1) is 11.8 Å². The summed E-state index contributed by atoms with van der Waals surface area (Å²) in [5.74, 6) is -0.673. The zero-order valence-electron chi connectivity index (χ0n) is 8.95. The molecule has 82 valence electrons. The van der Waals surface area contributed by atoms with E-state index in [9.17, 15) is 9.59 Å². The van der Waals surface area contributed by atoms with Crippen molar-refractivity contribution < 1.29 is 14.7 Å². The molecule has 0 heterocycles. The van der Waals surface area contributed by atoms with Gasteiger partial charge in [-0.15, -0.1) is 0 Å². The average Bonchev–Trinajstić information content (AvgIpc) is 2.44. The number of aliphatic carboxylic acids is 1. The molecule has 0 aromatic heterocycles. The van der Waals surface area contributed by atoms with Gasteiger partial charge in [-0.3, -0.25) is 9.59 Å². The Morgan fingerprint density at radius 3 is 2.87 bits per heavy atom. The predicted molar refractivity (Wildman–Crippen MR) is 55.4 cm³/mol. The van der Waals surface area contributed by atoms with E-state index < -0.39 is 5.97 Å². The van der Waals surface area contributed by atoms with Crippen LogP contribution in [-0.4, -0.2) is 16.9 Å². The lowest BCUT2D eigenvalue weighted by Crippen LogP contribution is -2.18. The van der Waals surface area contributed by atoms with Crippen LogP contribution in [-0.2, 0) is 9.59 Å². The monoisotopic (exact) mass is 208 g/mol. The molecule has 0 saturated carbocycles. The highest BCUT2D eigenvalue weighted by molar-refractivity contribution is 6.02. The molecule has 0 aliphatic heterocycles. The molecule has 0 aromatic carbocycles. The molecule has 1 N–H and O–H groups in total. The van der Waals surface area contributed by atoms with Crippen LogP contribution >= 0.6 is 0 Å². The Bertz CT molecular complexity index is 341. The molecule has 2 aliphatic carbocycles. The summed E-state index contributed by atoms with van der Waals surface area (Å²) < 4.78 is 0. The quantitative estimate of drug-likeness (QED) is 0.756. The Morgan fingerprint density at radius 1 is 1.53 bits per heavy atom. The van der Waals surface area contributed by atoms with Gasteiger partial charge in [0.2, 0.25) is 0 Å². The first-order chi connectivity index (χ1) is 7.09. The molecule has 0 radical (unpaired) electrons. The van der Waals surface area contributed by atoms with Crippen LogP contribution in [0.15, 0.2) is 11.1 Å². The Hall–Kier alpha value is -1.12. The number of allylic oxidation sites excluding steroid dienone is 2. The molecule has 0 saturated heterocycles. The fourth-order valence-corrected chi connectivity index (χ4v) is 2.86. The highest BCUT2D eigenvalue weighted by Gasteiger charge is 2.37. The third-order valence-corrected chi connectivity index (χ3v) is 3.54. The van der Waals surface area contributed by atoms with Crippen molar-refractivity contribution in [2.24, 2.45) is 11.8 Å². The van der Waals surface area contributed by atoms with Crippen molar-refractivity contribution >= 4 is 11.8 Å². The molecule has 2 aliphatic rings. The third kappa shape index (κ3) is 1.83. The van der Waals surface area contributed by atoms with Gasteiger partial charge < -0.3 is 5.11 Å². The van der Waals surface area contributed by atoms with E-state index in [1.54, 1.807) is 0 Å². The molecule has 2 atom stereocenters. The SMILES string of the molecule is C[C@@H]1CCCC2=C1C(=O)[C@H](CC(=O)O)C2. The van der Waals surface area contributed by atoms with Gasteiger partial charge in [0.15, 0.2) is 5.78 Å². The Labute approximate surface area is 89.2 Å². The van der Waals surface area contributed by atoms with Gasteiger partial charge in [0.05, 0.1) is 6.42 Å². The number of ketones is 1. The second-order valence-corrected chi connectivity index (χ2v) is 4.67. The Morgan fingerprint density at radius 2 is 2.27 bits per heavy atom. The highest BCUT2D eigenvalue weighted by atomic mass is 16.4. The van der Waals surface area contributed by atoms with E-state index in [4.69, 9.17) is 5.11 Å². The molecule has 0 amide bonds. The topological polar surface area (TPSA) is 54.4 Å². The van der Waals surface area contributed by atoms with Gasteiger partial charge >= 0.3 is 5.97 Å². The first-order valence-electron chi connectivity index (χ1n) is 5.57. The largest absolute Gasteiger partial charge is 0.481 e. The number of carboxylic acid groups (broad SMARTS) is 1. The van der Waals surface area contributed by atoms with Crippen LogP contribution in [0.25, 0.3) is 0 Å². The molecular weight excluding hydrogens is 192 g/mol. The average molecular weight is 208 g/mol. The van der Waals surface area contributed by atoms with E-state index in [-0.39, 0.29) is 18.1 Å². The molecule has 15 heavy (non-hydrogen) atoms. The molecule has 0 bridgehead atoms. The van der Waals surface area contributed by atoms with Gasteiger partial charge in [-0.2, -0.15) is 0 Å². The van der Waals surface area contributed by atoms with Crippen LogP contribution < -0.4 is 0 Å². The Kier molecular flexibility index (Phi) is 2.63. The van der Waals surface area contributed by atoms with Gasteiger partial charge in [0.1, 0.15) is 0 Å². The number of carbonyl (C=O) groups excluding carboxylic acids is 1. The number of rotatable bonds is 2. The summed E-state index contributed by atoms with van der Waals surface area (Å²) in [4.78, 5) is 22.6. The standard InChI is InChI=1S/C12H16O3/c1-7-3-2-4-8-5-9(6-10(13)14)12(15)11(7)8/h7,9H,2-6H2,1H3,(H,13,14)/t7-,9+/m1/s1. The van der Waals surface area contributed by atoms with Crippen LogP contribution in [0.1, 0.15) is 39.0 Å². The van der Waals surface area contributed by atoms with Crippen molar-refractivity contribution in [3.8, 4) is 0 Å². The summed E-state index contributed by atoms with van der Waals surface area (Å²) in [6.45, 7) is 2.08. The van der Waals surface area contributed by atoms with Crippen molar-refractivity contribution in [2.75, 3.05) is 0 Å². The maximum atomic E-state index is 12.0. The lowest BCUT2D eigenvalue weighted by molar-refractivity contribution is -0.139. The molecule has 3 nitrogen and oxygen atoms in total. The normalized spacial score (nSPS) is 30.6. The van der Waals surface area contributed by atoms with E-state index in [2.05, 4.69) is 6.92 Å². The van der Waals surface area contributed by atoms with Gasteiger partial charge in [-0.1, -0.05) is 12.5 Å². The maximum Gasteiger partial charge on any atom is 0.304 e. The lowest BCUT2D eigenvalue weighted by atomic mass is 9.85. The van der Waals surface area contributed by atoms with E-state index in [0.717, 1.165) is 24.8 Å². The van der Waals surface area contributed by atoms with Crippen LogP contribution in [0.5, 0.6) is 0 Å². The summed E-state index contributed by atoms with van der Waals surface area (Å²) >= 11 is 0. The minimum Gasteiger partial charge on any atom is -0.481 e. The maximum absolute atomic E-state index is 12.0. The van der Waals surface area contributed by atoms with Gasteiger partial charge in [0.25, 0.3) is 0 Å². The minimum atomic E-state index is -0.860. The smallest absolute Gasteiger partial charge is 0.304 e. The number of hydrogen-bond acceptors (Lipinski definition) is 2. The summed E-state index contributed by atoms with van der Waals surface area (Å²) in [7, 11) is 0. The van der Waals surface area contributed by atoms with Crippen LogP contribution in [0.2, 0.25) is 0 Å². The number of hydrogen-bond donors (Lipinski definition) is 1. The fraction of sp³-hybridized carbons (Fsp3) is 0.667. The molecule has 0 spiro atoms. The highest BCUT2D eigenvalue weighted by Crippen LogP contribution is 2.41. The summed E-state index contributed by atoms with van der Waals surface area (Å²) in [6.07, 6.45) is 3.92. The second kappa shape index (κ2) is 3.80. The van der Waals surface area contributed by atoms with Crippen molar-refractivity contribution in [3.63, 3.8) is 0 Å². The van der Waals surface area contributed by atoms with Crippen molar-refractivity contribution in [1.29, 1.82) is 0 Å².